The summed E-state index contributed by atoms with van der Waals surface area (Å²) in [4.78, 5) is 0. The van der Waals surface area contributed by atoms with Crippen LogP contribution in [-0.4, -0.2) is 11.7 Å². The van der Waals surface area contributed by atoms with Gasteiger partial charge in [0.2, 0.25) is 0 Å². The zero-order chi connectivity index (χ0) is 8.69. The molecule has 0 saturated heterocycles. The molecule has 0 saturated carbocycles. The highest BCUT2D eigenvalue weighted by molar-refractivity contribution is 4.93. The Hall–Kier alpha value is -0.300. The van der Waals surface area contributed by atoms with Gasteiger partial charge in [-0.05, 0) is 25.2 Å². The Balaban J connectivity index is 3.17. The Morgan fingerprint density at radius 1 is 1.36 bits per heavy atom. The maximum Gasteiger partial charge on any atom is 0.0468 e. The molecule has 0 rings (SSSR count). The van der Waals surface area contributed by atoms with Crippen molar-refractivity contribution in [2.24, 2.45) is 5.92 Å². The summed E-state index contributed by atoms with van der Waals surface area (Å²) in [6.07, 6.45) is 4.35. The van der Waals surface area contributed by atoms with Crippen LogP contribution in [0.3, 0.4) is 0 Å². The van der Waals surface area contributed by atoms with Gasteiger partial charge in [-0.1, -0.05) is 32.4 Å². The van der Waals surface area contributed by atoms with Crippen LogP contribution in [0.4, 0.5) is 0 Å². The Labute approximate surface area is 70.1 Å². The molecule has 0 heterocycles. The minimum Gasteiger partial charge on any atom is -0.396 e. The van der Waals surface area contributed by atoms with Crippen LogP contribution < -0.4 is 0 Å². The normalized spacial score (nSPS) is 10.5. The summed E-state index contributed by atoms with van der Waals surface area (Å²) >= 11 is 0. The summed E-state index contributed by atoms with van der Waals surface area (Å²) in [5.41, 5.74) is 1.19. The Kier molecular flexibility index (Phi) is 6.24. The predicted octanol–water partition coefficient (Wildman–Crippen LogP) is 2.75. The summed E-state index contributed by atoms with van der Waals surface area (Å²) in [6.45, 7) is 8.59. The number of rotatable bonds is 6. The lowest BCUT2D eigenvalue weighted by Crippen LogP contribution is -1.90. The van der Waals surface area contributed by atoms with Crippen LogP contribution >= 0.6 is 0 Å². The largest absolute Gasteiger partial charge is 0.396 e. The van der Waals surface area contributed by atoms with Crippen molar-refractivity contribution in [2.45, 2.75) is 39.5 Å². The van der Waals surface area contributed by atoms with Gasteiger partial charge in [-0.25, -0.2) is 0 Å². The van der Waals surface area contributed by atoms with Gasteiger partial charge >= 0.3 is 0 Å². The van der Waals surface area contributed by atoms with Crippen LogP contribution in [0.5, 0.6) is 0 Å². The third-order valence-electron chi connectivity index (χ3n) is 1.78. The fraction of sp³-hybridized carbons (Fsp3) is 0.800. The lowest BCUT2D eigenvalue weighted by atomic mass is 10.0. The van der Waals surface area contributed by atoms with Gasteiger partial charge in [-0.15, -0.1) is 0 Å². The van der Waals surface area contributed by atoms with E-state index in [1.165, 1.54) is 18.4 Å². The Morgan fingerprint density at radius 3 is 2.45 bits per heavy atom. The molecular formula is C10H20O. The molecule has 0 unspecified atom stereocenters. The first kappa shape index (κ1) is 10.7. The van der Waals surface area contributed by atoms with Crippen molar-refractivity contribution >= 4 is 0 Å². The molecular weight excluding hydrogens is 136 g/mol. The summed E-state index contributed by atoms with van der Waals surface area (Å²) in [5, 5.41) is 8.58. The average Bonchev–Trinajstić information content (AvgIpc) is 1.87. The van der Waals surface area contributed by atoms with Gasteiger partial charge < -0.3 is 5.11 Å². The van der Waals surface area contributed by atoms with Crippen molar-refractivity contribution in [3.8, 4) is 0 Å². The first-order chi connectivity index (χ1) is 5.16. The van der Waals surface area contributed by atoms with Crippen molar-refractivity contribution in [1.82, 2.24) is 0 Å². The minimum atomic E-state index is 0.251. The zero-order valence-electron chi connectivity index (χ0n) is 7.77. The predicted molar refractivity (Wildman–Crippen MR) is 49.5 cm³/mol. The lowest BCUT2D eigenvalue weighted by Gasteiger charge is -2.05. The smallest absolute Gasteiger partial charge is 0.0468 e. The third kappa shape index (κ3) is 7.60. The number of hydrogen-bond acceptors (Lipinski definition) is 1. The van der Waals surface area contributed by atoms with E-state index < -0.39 is 0 Å². The second kappa shape index (κ2) is 6.41. The summed E-state index contributed by atoms with van der Waals surface area (Å²) in [6, 6.07) is 0. The van der Waals surface area contributed by atoms with Gasteiger partial charge in [-0.3, -0.25) is 0 Å². The van der Waals surface area contributed by atoms with Gasteiger partial charge in [0.25, 0.3) is 0 Å². The van der Waals surface area contributed by atoms with E-state index in [1.54, 1.807) is 0 Å². The van der Waals surface area contributed by atoms with Gasteiger partial charge in [-0.2, -0.15) is 0 Å². The average molecular weight is 156 g/mol. The topological polar surface area (TPSA) is 20.2 Å². The zero-order valence-corrected chi connectivity index (χ0v) is 7.77. The summed E-state index contributed by atoms with van der Waals surface area (Å²) in [5.74, 6) is 0.789. The van der Waals surface area contributed by atoms with E-state index in [0.29, 0.717) is 0 Å². The molecule has 0 aliphatic carbocycles. The quantitative estimate of drug-likeness (QED) is 0.586. The highest BCUT2D eigenvalue weighted by Crippen LogP contribution is 2.12. The van der Waals surface area contributed by atoms with Gasteiger partial charge in [0.15, 0.2) is 0 Å². The molecule has 0 fully saturated rings. The highest BCUT2D eigenvalue weighted by atomic mass is 16.2. The van der Waals surface area contributed by atoms with E-state index in [4.69, 9.17) is 5.11 Å². The summed E-state index contributed by atoms with van der Waals surface area (Å²) < 4.78 is 0. The fourth-order valence-corrected chi connectivity index (χ4v) is 1.04. The van der Waals surface area contributed by atoms with Crippen LogP contribution in [0.2, 0.25) is 0 Å². The first-order valence-electron chi connectivity index (χ1n) is 4.44. The van der Waals surface area contributed by atoms with Gasteiger partial charge in [0.1, 0.15) is 0 Å². The van der Waals surface area contributed by atoms with Crippen LogP contribution in [-0.2, 0) is 0 Å². The van der Waals surface area contributed by atoms with E-state index in [1.807, 2.05) is 0 Å². The van der Waals surface area contributed by atoms with Crippen LogP contribution in [0.1, 0.15) is 39.5 Å². The number of aliphatic hydroxyl groups is 1. The van der Waals surface area contributed by atoms with Gasteiger partial charge in [0.05, 0.1) is 0 Å². The van der Waals surface area contributed by atoms with E-state index in [-0.39, 0.29) is 6.61 Å². The third-order valence-corrected chi connectivity index (χ3v) is 1.78. The highest BCUT2D eigenvalue weighted by Gasteiger charge is 1.96. The molecule has 0 aliphatic rings. The first-order valence-corrected chi connectivity index (χ1v) is 4.44. The van der Waals surface area contributed by atoms with Crippen molar-refractivity contribution in [3.05, 3.63) is 12.2 Å². The number of hydrogen-bond donors (Lipinski definition) is 1. The van der Waals surface area contributed by atoms with Crippen molar-refractivity contribution in [2.75, 3.05) is 6.61 Å². The standard InChI is InChI=1S/C10H20O/c1-9(2)5-4-6-10(3)7-8-11/h9,11H,3-8H2,1-2H3. The van der Waals surface area contributed by atoms with Crippen LogP contribution in [0.25, 0.3) is 0 Å². The molecule has 1 nitrogen and oxygen atoms in total. The van der Waals surface area contributed by atoms with Gasteiger partial charge in [0, 0.05) is 6.61 Å². The van der Waals surface area contributed by atoms with E-state index in [9.17, 15) is 0 Å². The molecule has 1 heteroatoms. The van der Waals surface area contributed by atoms with Crippen molar-refractivity contribution in [1.29, 1.82) is 0 Å². The molecule has 0 spiro atoms. The molecule has 0 radical (unpaired) electrons. The molecule has 1 N–H and O–H groups in total. The SMILES string of the molecule is C=C(CCO)CCCC(C)C. The molecule has 0 aliphatic heterocycles. The maximum absolute atomic E-state index is 8.58. The Bertz CT molecular complexity index is 105. The molecule has 0 aromatic carbocycles. The maximum atomic E-state index is 8.58. The summed E-state index contributed by atoms with van der Waals surface area (Å²) in [7, 11) is 0. The van der Waals surface area contributed by atoms with E-state index in [2.05, 4.69) is 20.4 Å². The fourth-order valence-electron chi connectivity index (χ4n) is 1.04. The second-order valence-electron chi connectivity index (χ2n) is 3.51. The second-order valence-corrected chi connectivity index (χ2v) is 3.51. The number of aliphatic hydroxyl groups excluding tert-OH is 1. The molecule has 0 amide bonds. The van der Waals surface area contributed by atoms with Crippen LogP contribution in [0.15, 0.2) is 12.2 Å². The van der Waals surface area contributed by atoms with Crippen molar-refractivity contribution < 1.29 is 5.11 Å². The molecule has 66 valence electrons. The lowest BCUT2D eigenvalue weighted by molar-refractivity contribution is 0.297. The molecule has 0 bridgehead atoms. The minimum absolute atomic E-state index is 0.251. The van der Waals surface area contributed by atoms with Crippen LogP contribution in [0, 0.1) is 5.92 Å². The molecule has 0 atom stereocenters. The van der Waals surface area contributed by atoms with Crippen molar-refractivity contribution in [3.63, 3.8) is 0 Å². The monoisotopic (exact) mass is 156 g/mol. The molecule has 0 aromatic heterocycles. The Morgan fingerprint density at radius 2 is 2.00 bits per heavy atom. The molecule has 0 aromatic rings. The van der Waals surface area contributed by atoms with E-state index in [0.717, 1.165) is 18.8 Å². The molecule has 11 heavy (non-hydrogen) atoms. The van der Waals surface area contributed by atoms with E-state index >= 15 is 0 Å².